The van der Waals surface area contributed by atoms with Crippen molar-refractivity contribution in [2.45, 2.75) is 53.0 Å². The highest BCUT2D eigenvalue weighted by Gasteiger charge is 2.28. The number of pyridine rings is 1. The summed E-state index contributed by atoms with van der Waals surface area (Å²) >= 11 is 5.20. The lowest BCUT2D eigenvalue weighted by molar-refractivity contribution is 0.253. The quantitative estimate of drug-likeness (QED) is 0.836. The molecule has 1 aliphatic carbocycles. The molecule has 3 unspecified atom stereocenters. The Morgan fingerprint density at radius 3 is 2.70 bits per heavy atom. The molecular weight excluding hydrogens is 266 g/mol. The highest BCUT2D eigenvalue weighted by molar-refractivity contribution is 7.80. The molecular formula is C16H25N3S. The van der Waals surface area contributed by atoms with Crippen LogP contribution in [0.1, 0.15) is 49.9 Å². The standard InChI is InChI=1S/C16H25N3S/c1-9-6-5-7-13(12(9)4)19-16-14(15(17)20)10(2)8-11(3)18-16/h8-9,12-13H,5-7H2,1-4H3,(H2,17,20)(H,18,19). The van der Waals surface area contributed by atoms with Crippen LogP contribution < -0.4 is 11.1 Å². The van der Waals surface area contributed by atoms with E-state index in [2.05, 4.69) is 24.1 Å². The zero-order valence-electron chi connectivity index (χ0n) is 12.9. The maximum Gasteiger partial charge on any atom is 0.137 e. The highest BCUT2D eigenvalue weighted by Crippen LogP contribution is 2.32. The molecule has 0 radical (unpaired) electrons. The first-order valence-corrected chi connectivity index (χ1v) is 7.85. The summed E-state index contributed by atoms with van der Waals surface area (Å²) in [5, 5.41) is 3.61. The van der Waals surface area contributed by atoms with Gasteiger partial charge in [0, 0.05) is 11.7 Å². The molecule has 0 aromatic carbocycles. The lowest BCUT2D eigenvalue weighted by Gasteiger charge is -2.35. The Hall–Kier alpha value is -1.16. The predicted octanol–water partition coefficient (Wildman–Crippen LogP) is 3.57. The number of rotatable bonds is 3. The summed E-state index contributed by atoms with van der Waals surface area (Å²) in [5.74, 6) is 2.26. The average molecular weight is 291 g/mol. The Morgan fingerprint density at radius 1 is 1.35 bits per heavy atom. The predicted molar refractivity (Wildman–Crippen MR) is 89.2 cm³/mol. The van der Waals surface area contributed by atoms with Gasteiger partial charge in [0.2, 0.25) is 0 Å². The molecule has 0 spiro atoms. The minimum absolute atomic E-state index is 0.425. The Morgan fingerprint density at radius 2 is 2.05 bits per heavy atom. The molecule has 20 heavy (non-hydrogen) atoms. The molecule has 0 bridgehead atoms. The Balaban J connectivity index is 2.30. The summed E-state index contributed by atoms with van der Waals surface area (Å²) < 4.78 is 0. The molecule has 3 atom stereocenters. The van der Waals surface area contributed by atoms with Crippen molar-refractivity contribution in [2.24, 2.45) is 17.6 Å². The number of hydrogen-bond donors (Lipinski definition) is 2. The summed E-state index contributed by atoms with van der Waals surface area (Å²) in [6.45, 7) is 8.71. The Bertz CT molecular complexity index is 513. The molecule has 2 rings (SSSR count). The maximum absolute atomic E-state index is 5.88. The Labute approximate surface area is 127 Å². The largest absolute Gasteiger partial charge is 0.389 e. The van der Waals surface area contributed by atoms with E-state index in [-0.39, 0.29) is 0 Å². The molecule has 110 valence electrons. The van der Waals surface area contributed by atoms with E-state index in [1.54, 1.807) is 0 Å². The van der Waals surface area contributed by atoms with E-state index in [9.17, 15) is 0 Å². The monoisotopic (exact) mass is 291 g/mol. The number of anilines is 1. The topological polar surface area (TPSA) is 50.9 Å². The van der Waals surface area contributed by atoms with Crippen LogP contribution in [0.3, 0.4) is 0 Å². The van der Waals surface area contributed by atoms with Crippen molar-refractivity contribution in [1.29, 1.82) is 0 Å². The Kier molecular flexibility index (Phi) is 4.63. The van der Waals surface area contributed by atoms with Crippen molar-refractivity contribution in [3.05, 3.63) is 22.9 Å². The SMILES string of the molecule is Cc1cc(C)c(C(N)=S)c(NC2CCCC(C)C2C)n1. The number of aromatic nitrogens is 1. The van der Waals surface area contributed by atoms with Gasteiger partial charge in [0.15, 0.2) is 0 Å². The van der Waals surface area contributed by atoms with Gasteiger partial charge in [-0.1, -0.05) is 38.9 Å². The van der Waals surface area contributed by atoms with Crippen molar-refractivity contribution < 1.29 is 0 Å². The lowest BCUT2D eigenvalue weighted by atomic mass is 9.78. The van der Waals surface area contributed by atoms with E-state index in [1.807, 2.05) is 19.9 Å². The first-order valence-electron chi connectivity index (χ1n) is 7.44. The molecule has 3 N–H and O–H groups in total. The smallest absolute Gasteiger partial charge is 0.137 e. The van der Waals surface area contributed by atoms with Crippen molar-refractivity contribution in [2.75, 3.05) is 5.32 Å². The third-order valence-corrected chi connectivity index (χ3v) is 4.82. The fourth-order valence-electron chi connectivity index (χ4n) is 3.21. The van der Waals surface area contributed by atoms with Gasteiger partial charge >= 0.3 is 0 Å². The van der Waals surface area contributed by atoms with E-state index in [4.69, 9.17) is 18.0 Å². The van der Waals surface area contributed by atoms with Gasteiger partial charge in [-0.3, -0.25) is 0 Å². The molecule has 4 heteroatoms. The highest BCUT2D eigenvalue weighted by atomic mass is 32.1. The molecule has 0 amide bonds. The fourth-order valence-corrected chi connectivity index (χ4v) is 3.47. The number of nitrogens with zero attached hydrogens (tertiary/aromatic N) is 1. The summed E-state index contributed by atoms with van der Waals surface area (Å²) in [6, 6.07) is 2.49. The summed E-state index contributed by atoms with van der Waals surface area (Å²) in [6.07, 6.45) is 3.79. The second-order valence-corrected chi connectivity index (χ2v) is 6.63. The number of hydrogen-bond acceptors (Lipinski definition) is 3. The minimum Gasteiger partial charge on any atom is -0.389 e. The first-order chi connectivity index (χ1) is 9.40. The van der Waals surface area contributed by atoms with E-state index in [0.717, 1.165) is 28.6 Å². The van der Waals surface area contributed by atoms with Crippen LogP contribution in [0, 0.1) is 25.7 Å². The van der Waals surface area contributed by atoms with Gasteiger partial charge in [-0.05, 0) is 43.7 Å². The maximum atomic E-state index is 5.88. The van der Waals surface area contributed by atoms with E-state index >= 15 is 0 Å². The minimum atomic E-state index is 0.425. The van der Waals surface area contributed by atoms with Gasteiger partial charge in [-0.15, -0.1) is 0 Å². The second-order valence-electron chi connectivity index (χ2n) is 6.19. The molecule has 1 saturated carbocycles. The van der Waals surface area contributed by atoms with E-state index in [1.165, 1.54) is 19.3 Å². The average Bonchev–Trinajstić information content (AvgIpc) is 2.33. The zero-order chi connectivity index (χ0) is 14.9. The van der Waals surface area contributed by atoms with Gasteiger partial charge in [0.1, 0.15) is 10.8 Å². The van der Waals surface area contributed by atoms with Crippen LogP contribution in [-0.4, -0.2) is 16.0 Å². The van der Waals surface area contributed by atoms with Crippen LogP contribution in [0.4, 0.5) is 5.82 Å². The number of nitrogens with two attached hydrogens (primary N) is 1. The third kappa shape index (κ3) is 3.11. The van der Waals surface area contributed by atoms with Crippen LogP contribution in [0.5, 0.6) is 0 Å². The molecule has 0 saturated heterocycles. The van der Waals surface area contributed by atoms with E-state index < -0.39 is 0 Å². The molecule has 3 nitrogen and oxygen atoms in total. The van der Waals surface area contributed by atoms with Crippen molar-refractivity contribution in [1.82, 2.24) is 4.98 Å². The van der Waals surface area contributed by atoms with Gasteiger partial charge in [0.05, 0.1) is 5.56 Å². The van der Waals surface area contributed by atoms with Crippen LogP contribution in [0.15, 0.2) is 6.07 Å². The molecule has 1 fully saturated rings. The van der Waals surface area contributed by atoms with Gasteiger partial charge in [-0.25, -0.2) is 4.98 Å². The fraction of sp³-hybridized carbons (Fsp3) is 0.625. The summed E-state index contributed by atoms with van der Waals surface area (Å²) in [7, 11) is 0. The lowest BCUT2D eigenvalue weighted by Crippen LogP contribution is -2.36. The molecule has 1 heterocycles. The first kappa shape index (κ1) is 15.2. The molecule has 1 aliphatic rings. The summed E-state index contributed by atoms with van der Waals surface area (Å²) in [4.78, 5) is 5.06. The zero-order valence-corrected chi connectivity index (χ0v) is 13.7. The van der Waals surface area contributed by atoms with Crippen LogP contribution in [0.25, 0.3) is 0 Å². The summed E-state index contributed by atoms with van der Waals surface area (Å²) in [5.41, 5.74) is 8.89. The van der Waals surface area contributed by atoms with Crippen molar-refractivity contribution in [3.8, 4) is 0 Å². The third-order valence-electron chi connectivity index (χ3n) is 4.62. The van der Waals surface area contributed by atoms with Crippen LogP contribution in [-0.2, 0) is 0 Å². The normalized spacial score (nSPS) is 26.3. The van der Waals surface area contributed by atoms with Crippen molar-refractivity contribution in [3.63, 3.8) is 0 Å². The van der Waals surface area contributed by atoms with Gasteiger partial charge in [0.25, 0.3) is 0 Å². The van der Waals surface area contributed by atoms with Crippen LogP contribution in [0.2, 0.25) is 0 Å². The number of aryl methyl sites for hydroxylation is 2. The van der Waals surface area contributed by atoms with Crippen molar-refractivity contribution >= 4 is 23.0 Å². The van der Waals surface area contributed by atoms with Crippen LogP contribution >= 0.6 is 12.2 Å². The van der Waals surface area contributed by atoms with Gasteiger partial charge in [-0.2, -0.15) is 0 Å². The molecule has 0 aliphatic heterocycles. The molecule has 1 aromatic rings. The second kappa shape index (κ2) is 6.08. The number of thiocarbonyl (C=S) groups is 1. The molecule has 1 aromatic heterocycles. The number of nitrogens with one attached hydrogen (secondary N) is 1. The van der Waals surface area contributed by atoms with Gasteiger partial charge < -0.3 is 11.1 Å². The van der Waals surface area contributed by atoms with E-state index in [0.29, 0.717) is 16.9 Å².